The summed E-state index contributed by atoms with van der Waals surface area (Å²) < 4.78 is 0. The third kappa shape index (κ3) is 7.70. The van der Waals surface area contributed by atoms with Crippen molar-refractivity contribution in [2.75, 3.05) is 0 Å². The zero-order chi connectivity index (χ0) is 36.3. The van der Waals surface area contributed by atoms with E-state index in [1.54, 1.807) is 0 Å². The summed E-state index contributed by atoms with van der Waals surface area (Å²) in [5.74, 6) is 0.547. The largest absolute Gasteiger partial charge is 0.512 e. The van der Waals surface area contributed by atoms with E-state index < -0.39 is 0 Å². The summed E-state index contributed by atoms with van der Waals surface area (Å²) in [5, 5.41) is 14.8. The van der Waals surface area contributed by atoms with Crippen molar-refractivity contribution in [3.63, 3.8) is 0 Å². The maximum atomic E-state index is 11.7. The summed E-state index contributed by atoms with van der Waals surface area (Å²) in [5.41, 5.74) is 11.0. The number of hydrogen-bond acceptors (Lipinski definition) is 3. The first-order valence-corrected chi connectivity index (χ1v) is 18.6. The molecule has 0 saturated heterocycles. The van der Waals surface area contributed by atoms with Gasteiger partial charge in [0.2, 0.25) is 0 Å². The SMILES string of the molecule is CC(C)(C)c1cc(-c2cc(-c3ccc4cccc5c4c3-c3ccccc3-5)ccn2)[c-]c2ccccc12.CCC(CC)C(=O)/C=C(\O)C(CC)CC.[Ir]. The molecule has 1 aliphatic rings. The van der Waals surface area contributed by atoms with E-state index in [1.165, 1.54) is 61.2 Å². The molecule has 1 aliphatic carbocycles. The number of benzene rings is 5. The van der Waals surface area contributed by atoms with Crippen molar-refractivity contribution in [1.82, 2.24) is 4.98 Å². The van der Waals surface area contributed by atoms with E-state index in [0.29, 0.717) is 0 Å². The van der Waals surface area contributed by atoms with Crippen LogP contribution in [-0.4, -0.2) is 15.9 Å². The quantitative estimate of drug-likeness (QED) is 0.0893. The smallest absolute Gasteiger partial charge is 0.162 e. The molecule has 4 heteroatoms. The minimum atomic E-state index is 0. The van der Waals surface area contributed by atoms with Gasteiger partial charge in [0.25, 0.3) is 0 Å². The van der Waals surface area contributed by atoms with Crippen molar-refractivity contribution in [3.05, 3.63) is 127 Å². The Balaban J connectivity index is 0.000000280. The van der Waals surface area contributed by atoms with Crippen LogP contribution in [0.2, 0.25) is 0 Å². The van der Waals surface area contributed by atoms with E-state index in [1.807, 2.05) is 33.9 Å². The normalized spacial score (nSPS) is 12.1. The van der Waals surface area contributed by atoms with Crippen LogP contribution in [0.4, 0.5) is 0 Å². The van der Waals surface area contributed by atoms with E-state index in [-0.39, 0.29) is 48.9 Å². The fourth-order valence-electron chi connectivity index (χ4n) is 7.57. The minimum Gasteiger partial charge on any atom is -0.512 e. The molecule has 52 heavy (non-hydrogen) atoms. The number of rotatable bonds is 9. The second kappa shape index (κ2) is 16.5. The van der Waals surface area contributed by atoms with Crippen LogP contribution in [0, 0.1) is 17.9 Å². The molecule has 5 aromatic carbocycles. The van der Waals surface area contributed by atoms with Crippen LogP contribution in [0.3, 0.4) is 0 Å². The molecule has 7 rings (SSSR count). The number of nitrogens with zero attached hydrogens (tertiary/aromatic N) is 1. The Morgan fingerprint density at radius 1 is 0.750 bits per heavy atom. The summed E-state index contributed by atoms with van der Waals surface area (Å²) >= 11 is 0. The van der Waals surface area contributed by atoms with Gasteiger partial charge in [-0.3, -0.25) is 9.78 Å². The van der Waals surface area contributed by atoms with Crippen molar-refractivity contribution in [3.8, 4) is 44.6 Å². The average Bonchev–Trinajstić information content (AvgIpc) is 3.48. The molecule has 0 fully saturated rings. The Labute approximate surface area is 323 Å². The van der Waals surface area contributed by atoms with Gasteiger partial charge >= 0.3 is 0 Å². The van der Waals surface area contributed by atoms with Crippen LogP contribution in [0.1, 0.15) is 79.7 Å². The van der Waals surface area contributed by atoms with Crippen molar-refractivity contribution < 1.29 is 30.0 Å². The third-order valence-corrected chi connectivity index (χ3v) is 10.5. The first-order chi connectivity index (χ1) is 24.6. The zero-order valence-electron chi connectivity index (χ0n) is 31.5. The minimum absolute atomic E-state index is 0. The summed E-state index contributed by atoms with van der Waals surface area (Å²) in [6, 6.07) is 38.8. The van der Waals surface area contributed by atoms with Gasteiger partial charge in [-0.1, -0.05) is 138 Å². The van der Waals surface area contributed by atoms with Crippen LogP contribution in [0.5, 0.6) is 0 Å². The molecule has 0 saturated carbocycles. The van der Waals surface area contributed by atoms with Gasteiger partial charge in [-0.15, -0.1) is 29.1 Å². The summed E-state index contributed by atoms with van der Waals surface area (Å²) in [7, 11) is 0. The fraction of sp³-hybridized carbons (Fsp3) is 0.292. The molecule has 0 unspecified atom stereocenters. The molecule has 6 aromatic rings. The summed E-state index contributed by atoms with van der Waals surface area (Å²) in [6.07, 6.45) is 6.84. The maximum absolute atomic E-state index is 11.7. The molecule has 0 amide bonds. The Bertz CT molecular complexity index is 2230. The predicted octanol–water partition coefficient (Wildman–Crippen LogP) is 13.3. The molecule has 0 atom stereocenters. The number of hydrogen-bond donors (Lipinski definition) is 1. The number of carbonyl (C=O) groups is 1. The first kappa shape index (κ1) is 38.9. The number of pyridine rings is 1. The van der Waals surface area contributed by atoms with Crippen molar-refractivity contribution in [1.29, 1.82) is 0 Å². The van der Waals surface area contributed by atoms with Gasteiger partial charge in [-0.05, 0) is 81.3 Å². The van der Waals surface area contributed by atoms with Gasteiger partial charge in [0.15, 0.2) is 5.78 Å². The number of aliphatic hydroxyl groups excluding tert-OH is 1. The van der Waals surface area contributed by atoms with E-state index in [9.17, 15) is 9.90 Å². The molecule has 1 radical (unpaired) electrons. The average molecular weight is 865 g/mol. The monoisotopic (exact) mass is 865 g/mol. The van der Waals surface area contributed by atoms with Crippen molar-refractivity contribution >= 4 is 27.3 Å². The van der Waals surface area contributed by atoms with Gasteiger partial charge < -0.3 is 5.11 Å². The van der Waals surface area contributed by atoms with Crippen LogP contribution >= 0.6 is 0 Å². The third-order valence-electron chi connectivity index (χ3n) is 10.5. The van der Waals surface area contributed by atoms with Crippen LogP contribution < -0.4 is 0 Å². The Hall–Kier alpha value is -4.37. The molecule has 1 N–H and O–H groups in total. The van der Waals surface area contributed by atoms with Crippen molar-refractivity contribution in [2.24, 2.45) is 11.8 Å². The topological polar surface area (TPSA) is 50.2 Å². The molecule has 269 valence electrons. The number of aromatic nitrogens is 1. The summed E-state index contributed by atoms with van der Waals surface area (Å²) in [4.78, 5) is 16.5. The Morgan fingerprint density at radius 3 is 2.10 bits per heavy atom. The summed E-state index contributed by atoms with van der Waals surface area (Å²) in [6.45, 7) is 14.9. The van der Waals surface area contributed by atoms with Crippen molar-refractivity contribution in [2.45, 2.75) is 79.6 Å². The van der Waals surface area contributed by atoms with E-state index in [0.717, 1.165) is 42.3 Å². The van der Waals surface area contributed by atoms with Gasteiger partial charge in [0.05, 0.1) is 5.76 Å². The van der Waals surface area contributed by atoms with Gasteiger partial charge in [0.1, 0.15) is 0 Å². The van der Waals surface area contributed by atoms with E-state index in [2.05, 4.69) is 124 Å². The van der Waals surface area contributed by atoms with Crippen LogP contribution in [0.25, 0.3) is 66.2 Å². The van der Waals surface area contributed by atoms with Crippen LogP contribution in [-0.2, 0) is 30.3 Å². The predicted molar refractivity (Wildman–Crippen MR) is 216 cm³/mol. The molecule has 0 aliphatic heterocycles. The Morgan fingerprint density at radius 2 is 1.40 bits per heavy atom. The number of aliphatic hydroxyl groups is 1. The number of fused-ring (bicyclic) bond motifs is 4. The van der Waals surface area contributed by atoms with Gasteiger partial charge in [-0.25, -0.2) is 0 Å². The van der Waals surface area contributed by atoms with E-state index >= 15 is 0 Å². The zero-order valence-corrected chi connectivity index (χ0v) is 33.9. The number of ketones is 1. The maximum Gasteiger partial charge on any atom is 0.162 e. The molecular weight excluding hydrogens is 815 g/mol. The molecular formula is C48H50IrNO2-. The number of allylic oxidation sites excluding steroid dienone is 2. The standard InChI is InChI=1S/C35H26N.C13H24O2.Ir/c1-35(2,3)31-20-25(19-23-9-4-5-11-26(23)31)32-21-24(17-18-36-32)27-16-15-22-10-8-14-29-28-12-6-7-13-30(28)34(27)33(22)29;1-5-10(6-2)12(14)9-13(15)11(7-3)8-4;/h4-18,20-21H,1-3H3;9-11,14H,5-8H2,1-4H3;/q-1;;/b;12-9-;. The van der Waals surface area contributed by atoms with Gasteiger partial charge in [0, 0.05) is 49.9 Å². The molecule has 1 heterocycles. The first-order valence-electron chi connectivity index (χ1n) is 18.6. The molecule has 1 aromatic heterocycles. The second-order valence-electron chi connectivity index (χ2n) is 14.8. The fourth-order valence-corrected chi connectivity index (χ4v) is 7.57. The van der Waals surface area contributed by atoms with E-state index in [4.69, 9.17) is 4.98 Å². The molecule has 0 spiro atoms. The number of carbonyl (C=O) groups excluding carboxylic acids is 1. The molecule has 3 nitrogen and oxygen atoms in total. The Kier molecular flexibility index (Phi) is 12.4. The molecule has 0 bridgehead atoms. The second-order valence-corrected chi connectivity index (χ2v) is 14.8. The van der Waals surface area contributed by atoms with Crippen LogP contribution in [0.15, 0.2) is 115 Å². The van der Waals surface area contributed by atoms with Gasteiger partial charge in [-0.2, -0.15) is 0 Å².